The summed E-state index contributed by atoms with van der Waals surface area (Å²) in [6.07, 6.45) is 9.69. The Hall–Kier alpha value is -2.92. The maximum atomic E-state index is 5.76. The molecule has 1 atom stereocenters. The number of ether oxygens (including phenoxy) is 3. The van der Waals surface area contributed by atoms with E-state index in [9.17, 15) is 0 Å². The second-order valence-electron chi connectivity index (χ2n) is 7.96. The average molecular weight is 435 g/mol. The number of hydrogen-bond donors (Lipinski definition) is 0. The zero-order chi connectivity index (χ0) is 22.6. The second-order valence-corrected chi connectivity index (χ2v) is 7.96. The molecular formula is C27H34N2O3. The summed E-state index contributed by atoms with van der Waals surface area (Å²) in [6, 6.07) is 16.4. The van der Waals surface area contributed by atoms with Crippen LogP contribution < -0.4 is 9.47 Å². The van der Waals surface area contributed by atoms with Gasteiger partial charge in [0.1, 0.15) is 12.4 Å². The summed E-state index contributed by atoms with van der Waals surface area (Å²) in [6.45, 7) is 5.46. The predicted octanol–water partition coefficient (Wildman–Crippen LogP) is 6.57. The van der Waals surface area contributed by atoms with Crippen molar-refractivity contribution in [2.24, 2.45) is 0 Å². The molecule has 5 nitrogen and oxygen atoms in total. The fourth-order valence-corrected chi connectivity index (χ4v) is 3.27. The highest BCUT2D eigenvalue weighted by molar-refractivity contribution is 5.68. The zero-order valence-corrected chi connectivity index (χ0v) is 19.4. The normalized spacial score (nSPS) is 11.8. The van der Waals surface area contributed by atoms with E-state index in [0.717, 1.165) is 41.2 Å². The molecule has 0 bridgehead atoms. The van der Waals surface area contributed by atoms with Crippen molar-refractivity contribution in [3.8, 4) is 34.0 Å². The minimum atomic E-state index is 0.0700. The Morgan fingerprint density at radius 2 is 1.31 bits per heavy atom. The predicted molar refractivity (Wildman–Crippen MR) is 129 cm³/mol. The van der Waals surface area contributed by atoms with E-state index in [1.54, 1.807) is 19.5 Å². The van der Waals surface area contributed by atoms with Gasteiger partial charge in [0, 0.05) is 12.7 Å². The number of unbranched alkanes of at least 4 members (excludes halogenated alkanes) is 4. The molecule has 3 aromatic rings. The lowest BCUT2D eigenvalue weighted by Crippen LogP contribution is -2.15. The molecular weight excluding hydrogens is 400 g/mol. The van der Waals surface area contributed by atoms with Crippen molar-refractivity contribution in [2.45, 2.75) is 52.1 Å². The number of hydrogen-bond acceptors (Lipinski definition) is 5. The highest BCUT2D eigenvalue weighted by atomic mass is 16.5. The van der Waals surface area contributed by atoms with Crippen molar-refractivity contribution in [3.63, 3.8) is 0 Å². The maximum absolute atomic E-state index is 5.76. The average Bonchev–Trinajstić information content (AvgIpc) is 2.85. The first-order chi connectivity index (χ1) is 15.7. The summed E-state index contributed by atoms with van der Waals surface area (Å²) in [5.41, 5.74) is 3.24. The quantitative estimate of drug-likeness (QED) is 0.285. The third kappa shape index (κ3) is 7.34. The Morgan fingerprint density at radius 1 is 0.719 bits per heavy atom. The van der Waals surface area contributed by atoms with Crippen LogP contribution in [-0.4, -0.2) is 36.4 Å². The first-order valence-electron chi connectivity index (χ1n) is 11.5. The van der Waals surface area contributed by atoms with Gasteiger partial charge in [-0.3, -0.25) is 0 Å². The van der Waals surface area contributed by atoms with Crippen LogP contribution in [0.3, 0.4) is 0 Å². The maximum Gasteiger partial charge on any atom is 0.159 e. The molecule has 0 aliphatic carbocycles. The number of benzene rings is 2. The van der Waals surface area contributed by atoms with Crippen LogP contribution in [0.4, 0.5) is 0 Å². The molecule has 0 fully saturated rings. The Bertz CT molecular complexity index is 909. The van der Waals surface area contributed by atoms with Gasteiger partial charge in [-0.1, -0.05) is 69.0 Å². The van der Waals surface area contributed by atoms with Crippen LogP contribution in [0.1, 0.15) is 46.0 Å². The first kappa shape index (κ1) is 23.7. The number of methoxy groups -OCH3 is 1. The Balaban J connectivity index is 1.52. The van der Waals surface area contributed by atoms with E-state index < -0.39 is 0 Å². The molecule has 1 aromatic heterocycles. The van der Waals surface area contributed by atoms with Crippen molar-refractivity contribution in [3.05, 3.63) is 60.9 Å². The summed E-state index contributed by atoms with van der Waals surface area (Å²) in [5.74, 6) is 2.26. The minimum absolute atomic E-state index is 0.0700. The third-order valence-electron chi connectivity index (χ3n) is 5.36. The highest BCUT2D eigenvalue weighted by Gasteiger charge is 2.05. The van der Waals surface area contributed by atoms with Gasteiger partial charge in [-0.25, -0.2) is 9.97 Å². The molecule has 5 heteroatoms. The second kappa shape index (κ2) is 12.8. The van der Waals surface area contributed by atoms with Gasteiger partial charge < -0.3 is 14.2 Å². The summed E-state index contributed by atoms with van der Waals surface area (Å²) in [5, 5.41) is 0. The molecule has 170 valence electrons. The van der Waals surface area contributed by atoms with Crippen LogP contribution in [0.25, 0.3) is 22.5 Å². The summed E-state index contributed by atoms with van der Waals surface area (Å²) < 4.78 is 16.7. The molecule has 0 radical (unpaired) electrons. The van der Waals surface area contributed by atoms with Crippen LogP contribution in [-0.2, 0) is 4.74 Å². The molecule has 2 aromatic carbocycles. The van der Waals surface area contributed by atoms with Crippen molar-refractivity contribution in [2.75, 3.05) is 20.3 Å². The number of nitrogens with zero attached hydrogens (tertiary/aromatic N) is 2. The summed E-state index contributed by atoms with van der Waals surface area (Å²) in [4.78, 5) is 8.94. The zero-order valence-electron chi connectivity index (χ0n) is 19.4. The fraction of sp³-hybridized carbons (Fsp3) is 0.407. The van der Waals surface area contributed by atoms with Gasteiger partial charge in [-0.15, -0.1) is 0 Å². The molecule has 0 unspecified atom stereocenters. The Kier molecular flexibility index (Phi) is 9.51. The molecule has 0 saturated heterocycles. The lowest BCUT2D eigenvalue weighted by atomic mass is 10.0. The Morgan fingerprint density at radius 3 is 1.94 bits per heavy atom. The minimum Gasteiger partial charge on any atom is -0.491 e. The van der Waals surface area contributed by atoms with Gasteiger partial charge in [0.25, 0.3) is 0 Å². The van der Waals surface area contributed by atoms with Crippen molar-refractivity contribution < 1.29 is 14.2 Å². The molecule has 0 aliphatic heterocycles. The van der Waals surface area contributed by atoms with E-state index in [1.165, 1.54) is 25.7 Å². The van der Waals surface area contributed by atoms with E-state index in [4.69, 9.17) is 14.2 Å². The van der Waals surface area contributed by atoms with Crippen molar-refractivity contribution in [1.82, 2.24) is 9.97 Å². The van der Waals surface area contributed by atoms with Crippen molar-refractivity contribution >= 4 is 0 Å². The van der Waals surface area contributed by atoms with Gasteiger partial charge in [0.15, 0.2) is 11.6 Å². The van der Waals surface area contributed by atoms with Crippen LogP contribution >= 0.6 is 0 Å². The molecule has 1 heterocycles. The van der Waals surface area contributed by atoms with Gasteiger partial charge in [0.05, 0.1) is 25.1 Å². The fourth-order valence-electron chi connectivity index (χ4n) is 3.27. The lowest BCUT2D eigenvalue weighted by Gasteiger charge is -2.12. The van der Waals surface area contributed by atoms with Gasteiger partial charge in [-0.05, 0) is 36.6 Å². The summed E-state index contributed by atoms with van der Waals surface area (Å²) in [7, 11) is 1.68. The number of rotatable bonds is 13. The number of aromatic nitrogens is 2. The van der Waals surface area contributed by atoms with E-state index in [1.807, 2.05) is 31.2 Å². The smallest absolute Gasteiger partial charge is 0.159 e. The van der Waals surface area contributed by atoms with E-state index >= 15 is 0 Å². The van der Waals surface area contributed by atoms with Gasteiger partial charge >= 0.3 is 0 Å². The highest BCUT2D eigenvalue weighted by Crippen LogP contribution is 2.25. The molecule has 0 N–H and O–H groups in total. The van der Waals surface area contributed by atoms with E-state index in [0.29, 0.717) is 12.4 Å². The molecule has 0 spiro atoms. The van der Waals surface area contributed by atoms with Crippen LogP contribution in [0.15, 0.2) is 60.9 Å². The Labute approximate surface area is 191 Å². The van der Waals surface area contributed by atoms with Crippen molar-refractivity contribution in [1.29, 1.82) is 0 Å². The topological polar surface area (TPSA) is 53.5 Å². The monoisotopic (exact) mass is 434 g/mol. The SMILES string of the molecule is CCCCCCCOc1cnc(-c2ccc(-c3ccc(OC[C@@H](C)OC)cc3)cc2)nc1. The molecule has 0 amide bonds. The van der Waals surface area contributed by atoms with Crippen LogP contribution in [0, 0.1) is 0 Å². The van der Waals surface area contributed by atoms with Crippen LogP contribution in [0.5, 0.6) is 11.5 Å². The van der Waals surface area contributed by atoms with E-state index in [-0.39, 0.29) is 6.10 Å². The molecule has 3 rings (SSSR count). The molecule has 0 aliphatic rings. The lowest BCUT2D eigenvalue weighted by molar-refractivity contribution is 0.0717. The summed E-state index contributed by atoms with van der Waals surface area (Å²) >= 11 is 0. The molecule has 32 heavy (non-hydrogen) atoms. The largest absolute Gasteiger partial charge is 0.491 e. The standard InChI is InChI=1S/C27H34N2O3/c1-4-5-6-7-8-17-31-26-18-28-27(29-19-26)24-11-9-22(10-12-24)23-13-15-25(16-14-23)32-20-21(2)30-3/h9-16,18-19,21H,4-8,17,20H2,1-3H3/t21-/m1/s1. The first-order valence-corrected chi connectivity index (χ1v) is 11.5. The third-order valence-corrected chi connectivity index (χ3v) is 5.36. The van der Waals surface area contributed by atoms with Gasteiger partial charge in [-0.2, -0.15) is 0 Å². The van der Waals surface area contributed by atoms with Gasteiger partial charge in [0.2, 0.25) is 0 Å². The van der Waals surface area contributed by atoms with E-state index in [2.05, 4.69) is 41.2 Å². The van der Waals surface area contributed by atoms with Crippen LogP contribution in [0.2, 0.25) is 0 Å². The molecule has 0 saturated carbocycles.